The number of nitrogens with one attached hydrogen (secondary N) is 1. The van der Waals surface area contributed by atoms with Crippen molar-refractivity contribution in [3.63, 3.8) is 0 Å². The molecule has 0 aliphatic rings. The third-order valence-corrected chi connectivity index (χ3v) is 4.53. The molecule has 2 aromatic heterocycles. The van der Waals surface area contributed by atoms with E-state index >= 15 is 0 Å². The number of H-pyrrole nitrogens is 1. The number of rotatable bonds is 4. The second-order valence-corrected chi connectivity index (χ2v) is 5.88. The van der Waals surface area contributed by atoms with Crippen LogP contribution in [0.4, 0.5) is 0 Å². The maximum absolute atomic E-state index is 12.0. The first kappa shape index (κ1) is 15.2. The van der Waals surface area contributed by atoms with E-state index in [1.54, 1.807) is 13.0 Å². The van der Waals surface area contributed by atoms with Crippen LogP contribution in [0.2, 0.25) is 0 Å². The van der Waals surface area contributed by atoms with E-state index in [4.69, 9.17) is 4.74 Å². The summed E-state index contributed by atoms with van der Waals surface area (Å²) in [7, 11) is 0. The monoisotopic (exact) mass is 330 g/mol. The largest absolute Gasteiger partial charge is 0.465 e. The molecular formula is C16H14N2O4S. The van der Waals surface area contributed by atoms with Gasteiger partial charge in [0.2, 0.25) is 0 Å². The predicted octanol–water partition coefficient (Wildman–Crippen LogP) is 1.98. The molecule has 0 radical (unpaired) electrons. The number of hydrogen-bond donors (Lipinski definition) is 1. The van der Waals surface area contributed by atoms with E-state index in [2.05, 4.69) is 4.98 Å². The van der Waals surface area contributed by atoms with Crippen LogP contribution in [0.1, 0.15) is 6.92 Å². The van der Waals surface area contributed by atoms with E-state index in [1.807, 2.05) is 30.3 Å². The number of ether oxygens (including phenoxy) is 1. The SMILES string of the molecule is CCOC(=O)Cn1c(=O)[nH]c(=O)c2cc(-c3ccccc3)sc21. The molecule has 3 rings (SSSR count). The number of carbonyl (C=O) groups excluding carboxylic acids is 1. The molecule has 1 N–H and O–H groups in total. The first-order valence-corrected chi connectivity index (χ1v) is 7.89. The van der Waals surface area contributed by atoms with Crippen molar-refractivity contribution in [2.45, 2.75) is 13.5 Å². The summed E-state index contributed by atoms with van der Waals surface area (Å²) in [5.41, 5.74) is -0.121. The van der Waals surface area contributed by atoms with E-state index in [1.165, 1.54) is 15.9 Å². The summed E-state index contributed by atoms with van der Waals surface area (Å²) in [6.45, 7) is 1.70. The normalized spacial score (nSPS) is 10.8. The molecule has 118 valence electrons. The third kappa shape index (κ3) is 2.95. The van der Waals surface area contributed by atoms with Crippen LogP contribution >= 0.6 is 11.3 Å². The second kappa shape index (κ2) is 6.21. The summed E-state index contributed by atoms with van der Waals surface area (Å²) in [5.74, 6) is -0.516. The molecule has 1 aromatic carbocycles. The van der Waals surface area contributed by atoms with Gasteiger partial charge in [-0.25, -0.2) is 4.79 Å². The van der Waals surface area contributed by atoms with Gasteiger partial charge in [-0.2, -0.15) is 0 Å². The van der Waals surface area contributed by atoms with Crippen LogP contribution in [-0.4, -0.2) is 22.1 Å². The fraction of sp³-hybridized carbons (Fsp3) is 0.188. The molecule has 0 saturated heterocycles. The van der Waals surface area contributed by atoms with Gasteiger partial charge in [0, 0.05) is 4.88 Å². The molecule has 0 bridgehead atoms. The van der Waals surface area contributed by atoms with Crippen molar-refractivity contribution in [2.24, 2.45) is 0 Å². The molecule has 3 aromatic rings. The van der Waals surface area contributed by atoms with Gasteiger partial charge < -0.3 is 4.74 Å². The Labute approximate surface area is 135 Å². The molecule has 0 saturated carbocycles. The minimum absolute atomic E-state index is 0.227. The van der Waals surface area contributed by atoms with Crippen molar-refractivity contribution in [2.75, 3.05) is 6.61 Å². The standard InChI is InChI=1S/C16H14N2O4S/c1-2-22-13(19)9-18-15-11(14(20)17-16(18)21)8-12(23-15)10-6-4-3-5-7-10/h3-8H,2,9H2,1H3,(H,17,20,21). The summed E-state index contributed by atoms with van der Waals surface area (Å²) >= 11 is 1.30. The lowest BCUT2D eigenvalue weighted by atomic mass is 10.2. The van der Waals surface area contributed by atoms with Crippen molar-refractivity contribution >= 4 is 27.5 Å². The molecule has 0 aliphatic carbocycles. The van der Waals surface area contributed by atoms with Crippen molar-refractivity contribution in [1.29, 1.82) is 0 Å². The lowest BCUT2D eigenvalue weighted by molar-refractivity contribution is -0.143. The zero-order valence-electron chi connectivity index (χ0n) is 12.4. The van der Waals surface area contributed by atoms with Crippen LogP contribution in [0.3, 0.4) is 0 Å². The van der Waals surface area contributed by atoms with Crippen molar-refractivity contribution in [1.82, 2.24) is 9.55 Å². The van der Waals surface area contributed by atoms with E-state index in [0.29, 0.717) is 10.2 Å². The predicted molar refractivity (Wildman–Crippen MR) is 88.8 cm³/mol. The van der Waals surface area contributed by atoms with Crippen LogP contribution in [0.15, 0.2) is 46.0 Å². The highest BCUT2D eigenvalue weighted by Gasteiger charge is 2.15. The number of aromatic amines is 1. The highest BCUT2D eigenvalue weighted by atomic mass is 32.1. The second-order valence-electron chi connectivity index (χ2n) is 4.85. The molecule has 0 amide bonds. The molecule has 23 heavy (non-hydrogen) atoms. The molecule has 7 heteroatoms. The van der Waals surface area contributed by atoms with Gasteiger partial charge in [-0.05, 0) is 18.6 Å². The van der Waals surface area contributed by atoms with Gasteiger partial charge in [0.15, 0.2) is 0 Å². The quantitative estimate of drug-likeness (QED) is 0.742. The minimum atomic E-state index is -0.614. The Hall–Kier alpha value is -2.67. The molecule has 0 spiro atoms. The number of aromatic nitrogens is 2. The first-order valence-electron chi connectivity index (χ1n) is 7.08. The maximum Gasteiger partial charge on any atom is 0.329 e. The van der Waals surface area contributed by atoms with Crippen LogP contribution < -0.4 is 11.2 Å². The van der Waals surface area contributed by atoms with Crippen molar-refractivity contribution < 1.29 is 9.53 Å². The van der Waals surface area contributed by atoms with Gasteiger partial charge in [-0.15, -0.1) is 11.3 Å². The van der Waals surface area contributed by atoms with Gasteiger partial charge in [-0.1, -0.05) is 30.3 Å². The average Bonchev–Trinajstić information content (AvgIpc) is 2.98. The van der Waals surface area contributed by atoms with Gasteiger partial charge in [0.1, 0.15) is 11.4 Å². The molecule has 6 nitrogen and oxygen atoms in total. The van der Waals surface area contributed by atoms with Gasteiger partial charge >= 0.3 is 11.7 Å². The summed E-state index contributed by atoms with van der Waals surface area (Å²) in [6.07, 6.45) is 0. The van der Waals surface area contributed by atoms with E-state index in [9.17, 15) is 14.4 Å². The fourth-order valence-corrected chi connectivity index (χ4v) is 3.45. The van der Waals surface area contributed by atoms with E-state index in [0.717, 1.165) is 10.4 Å². The number of nitrogens with zero attached hydrogens (tertiary/aromatic N) is 1. The maximum atomic E-state index is 12.0. The third-order valence-electron chi connectivity index (χ3n) is 3.32. The van der Waals surface area contributed by atoms with Crippen LogP contribution in [0, 0.1) is 0 Å². The number of hydrogen-bond acceptors (Lipinski definition) is 5. The molecular weight excluding hydrogens is 316 g/mol. The smallest absolute Gasteiger partial charge is 0.329 e. The number of benzene rings is 1. The Kier molecular flexibility index (Phi) is 4.12. The average molecular weight is 330 g/mol. The van der Waals surface area contributed by atoms with Crippen molar-refractivity contribution in [3.8, 4) is 10.4 Å². The highest BCUT2D eigenvalue weighted by Crippen LogP contribution is 2.31. The zero-order chi connectivity index (χ0) is 16.4. The summed E-state index contributed by atoms with van der Waals surface area (Å²) in [4.78, 5) is 39.3. The van der Waals surface area contributed by atoms with Crippen LogP contribution in [0.25, 0.3) is 20.7 Å². The Balaban J connectivity index is 2.17. The summed E-state index contributed by atoms with van der Waals surface area (Å²) in [5, 5.41) is 0.387. The highest BCUT2D eigenvalue weighted by molar-refractivity contribution is 7.21. The lowest BCUT2D eigenvalue weighted by Gasteiger charge is -2.05. The van der Waals surface area contributed by atoms with E-state index < -0.39 is 17.2 Å². The van der Waals surface area contributed by atoms with Gasteiger partial charge in [0.05, 0.1) is 12.0 Å². The Morgan fingerprint density at radius 2 is 2.00 bits per heavy atom. The van der Waals surface area contributed by atoms with E-state index in [-0.39, 0.29) is 13.2 Å². The molecule has 0 atom stereocenters. The molecule has 2 heterocycles. The first-order chi connectivity index (χ1) is 11.1. The fourth-order valence-electron chi connectivity index (χ4n) is 2.29. The Morgan fingerprint density at radius 1 is 1.26 bits per heavy atom. The lowest BCUT2D eigenvalue weighted by Crippen LogP contribution is -2.32. The topological polar surface area (TPSA) is 81.2 Å². The van der Waals surface area contributed by atoms with Crippen molar-refractivity contribution in [3.05, 3.63) is 57.2 Å². The van der Waals surface area contributed by atoms with Crippen LogP contribution in [0.5, 0.6) is 0 Å². The summed E-state index contributed by atoms with van der Waals surface area (Å²) < 4.78 is 6.13. The number of fused-ring (bicyclic) bond motifs is 1. The molecule has 0 unspecified atom stereocenters. The van der Waals surface area contributed by atoms with Crippen LogP contribution in [-0.2, 0) is 16.1 Å². The Bertz CT molecular complexity index is 969. The number of thiophene rings is 1. The minimum Gasteiger partial charge on any atom is -0.465 e. The zero-order valence-corrected chi connectivity index (χ0v) is 13.2. The van der Waals surface area contributed by atoms with Gasteiger partial charge in [0.25, 0.3) is 5.56 Å². The summed E-state index contributed by atoms with van der Waals surface area (Å²) in [6, 6.07) is 11.3. The number of carbonyl (C=O) groups is 1. The molecule has 0 aliphatic heterocycles. The number of esters is 1. The van der Waals surface area contributed by atoms with Gasteiger partial charge in [-0.3, -0.25) is 19.1 Å². The molecule has 0 fully saturated rings. The Morgan fingerprint density at radius 3 is 2.70 bits per heavy atom.